The van der Waals surface area contributed by atoms with Gasteiger partial charge in [0, 0.05) is 19.0 Å². The first-order valence-corrected chi connectivity index (χ1v) is 10.9. The van der Waals surface area contributed by atoms with Crippen LogP contribution in [-0.2, 0) is 33.3 Å². The van der Waals surface area contributed by atoms with Gasteiger partial charge in [0.15, 0.2) is 0 Å². The predicted octanol–water partition coefficient (Wildman–Crippen LogP) is 1.00. The van der Waals surface area contributed by atoms with Gasteiger partial charge in [-0.1, -0.05) is 34.1 Å². The Bertz CT molecular complexity index is 422. The highest BCUT2D eigenvalue weighted by Gasteiger charge is 2.05. The Hall–Kier alpha value is -1.26. The first-order chi connectivity index (χ1) is 14.5. The van der Waals surface area contributed by atoms with Crippen LogP contribution in [0.15, 0.2) is 0 Å². The SMILES string of the molecule is CCC(C)CNC(=O)COCCOCCOCCOCCOCCNC(=O)C(C)C. The molecule has 0 spiro atoms. The molecule has 0 aliphatic rings. The van der Waals surface area contributed by atoms with Crippen molar-refractivity contribution in [3.05, 3.63) is 0 Å². The van der Waals surface area contributed by atoms with Gasteiger partial charge in [0.1, 0.15) is 6.61 Å². The fourth-order valence-corrected chi connectivity index (χ4v) is 1.98. The number of nitrogens with one attached hydrogen (secondary N) is 2. The van der Waals surface area contributed by atoms with E-state index in [9.17, 15) is 9.59 Å². The molecule has 0 rings (SSSR count). The molecule has 0 aromatic rings. The van der Waals surface area contributed by atoms with Crippen LogP contribution in [-0.4, -0.2) is 91.0 Å². The van der Waals surface area contributed by atoms with E-state index >= 15 is 0 Å². The van der Waals surface area contributed by atoms with Gasteiger partial charge in [-0.25, -0.2) is 0 Å². The summed E-state index contributed by atoms with van der Waals surface area (Å²) in [7, 11) is 0. The van der Waals surface area contributed by atoms with Crippen LogP contribution in [0.4, 0.5) is 0 Å². The van der Waals surface area contributed by atoms with Crippen LogP contribution in [0.5, 0.6) is 0 Å². The van der Waals surface area contributed by atoms with Crippen LogP contribution in [0.3, 0.4) is 0 Å². The molecule has 0 fully saturated rings. The predicted molar refractivity (Wildman–Crippen MR) is 114 cm³/mol. The molecule has 2 amide bonds. The molecule has 2 N–H and O–H groups in total. The van der Waals surface area contributed by atoms with E-state index < -0.39 is 0 Å². The molecule has 0 saturated carbocycles. The molecule has 0 aliphatic heterocycles. The van der Waals surface area contributed by atoms with Crippen LogP contribution in [0.25, 0.3) is 0 Å². The maximum atomic E-state index is 11.5. The first kappa shape index (κ1) is 28.7. The molecule has 0 radical (unpaired) electrons. The number of carbonyl (C=O) groups is 2. The number of carbonyl (C=O) groups excluding carboxylic acids is 2. The van der Waals surface area contributed by atoms with Gasteiger partial charge in [0.05, 0.1) is 59.5 Å². The summed E-state index contributed by atoms with van der Waals surface area (Å²) < 4.78 is 26.8. The first-order valence-electron chi connectivity index (χ1n) is 10.9. The number of rotatable bonds is 21. The van der Waals surface area contributed by atoms with Crippen LogP contribution in [0.2, 0.25) is 0 Å². The molecule has 0 aromatic heterocycles. The maximum Gasteiger partial charge on any atom is 0.246 e. The molecule has 178 valence electrons. The fourth-order valence-electron chi connectivity index (χ4n) is 1.98. The molecule has 9 nitrogen and oxygen atoms in total. The van der Waals surface area contributed by atoms with Gasteiger partial charge in [0.2, 0.25) is 11.8 Å². The average molecular weight is 435 g/mol. The zero-order chi connectivity index (χ0) is 22.5. The molecular formula is C21H42N2O7. The van der Waals surface area contributed by atoms with Gasteiger partial charge < -0.3 is 34.3 Å². The molecule has 30 heavy (non-hydrogen) atoms. The average Bonchev–Trinajstić information content (AvgIpc) is 2.73. The quantitative estimate of drug-likeness (QED) is 0.260. The molecule has 0 aliphatic carbocycles. The minimum atomic E-state index is -0.0954. The fraction of sp³-hybridized carbons (Fsp3) is 0.905. The summed E-state index contributed by atoms with van der Waals surface area (Å²) in [5, 5.41) is 5.62. The zero-order valence-electron chi connectivity index (χ0n) is 19.2. The van der Waals surface area contributed by atoms with Crippen molar-refractivity contribution in [1.82, 2.24) is 10.6 Å². The normalized spacial score (nSPS) is 12.2. The van der Waals surface area contributed by atoms with E-state index in [1.165, 1.54) is 0 Å². The van der Waals surface area contributed by atoms with E-state index in [2.05, 4.69) is 24.5 Å². The minimum Gasteiger partial charge on any atom is -0.377 e. The number of amides is 2. The highest BCUT2D eigenvalue weighted by atomic mass is 16.6. The lowest BCUT2D eigenvalue weighted by Crippen LogP contribution is -2.31. The summed E-state index contributed by atoms with van der Waals surface area (Å²) in [6.07, 6.45) is 1.04. The molecule has 9 heteroatoms. The minimum absolute atomic E-state index is 0.00974. The van der Waals surface area contributed by atoms with Crippen LogP contribution >= 0.6 is 0 Å². The number of hydrogen-bond donors (Lipinski definition) is 2. The second-order valence-electron chi connectivity index (χ2n) is 7.27. The van der Waals surface area contributed by atoms with Crippen molar-refractivity contribution in [1.29, 1.82) is 0 Å². The number of ether oxygens (including phenoxy) is 5. The molecule has 1 unspecified atom stereocenters. The van der Waals surface area contributed by atoms with E-state index in [0.29, 0.717) is 78.5 Å². The van der Waals surface area contributed by atoms with E-state index in [1.54, 1.807) is 0 Å². The topological polar surface area (TPSA) is 104 Å². The Labute approximate surface area is 181 Å². The van der Waals surface area contributed by atoms with Gasteiger partial charge in [-0.15, -0.1) is 0 Å². The Kier molecular flexibility index (Phi) is 20.1. The lowest BCUT2D eigenvalue weighted by Gasteiger charge is -2.10. The lowest BCUT2D eigenvalue weighted by molar-refractivity contribution is -0.126. The van der Waals surface area contributed by atoms with E-state index in [-0.39, 0.29) is 24.3 Å². The van der Waals surface area contributed by atoms with Crippen LogP contribution in [0, 0.1) is 11.8 Å². The highest BCUT2D eigenvalue weighted by Crippen LogP contribution is 1.96. The maximum absolute atomic E-state index is 11.5. The van der Waals surface area contributed by atoms with Gasteiger partial charge in [-0.3, -0.25) is 9.59 Å². The summed E-state index contributed by atoms with van der Waals surface area (Å²) >= 11 is 0. The van der Waals surface area contributed by atoms with Gasteiger partial charge in [-0.2, -0.15) is 0 Å². The zero-order valence-corrected chi connectivity index (χ0v) is 19.2. The third-order valence-electron chi connectivity index (χ3n) is 4.14. The van der Waals surface area contributed by atoms with E-state index in [0.717, 1.165) is 6.42 Å². The molecule has 0 bridgehead atoms. The van der Waals surface area contributed by atoms with E-state index in [1.807, 2.05) is 13.8 Å². The third kappa shape index (κ3) is 20.0. The molecule has 0 saturated heterocycles. The smallest absolute Gasteiger partial charge is 0.246 e. The van der Waals surface area contributed by atoms with Crippen molar-refractivity contribution in [2.24, 2.45) is 11.8 Å². The Balaban J connectivity index is 3.18. The standard InChI is InChI=1S/C21H42N2O7/c1-5-19(4)16-23-20(24)17-30-15-14-29-13-12-28-11-10-27-9-8-26-7-6-22-21(25)18(2)3/h18-19H,5-17H2,1-4H3,(H,22,25)(H,23,24). The van der Waals surface area contributed by atoms with Crippen molar-refractivity contribution >= 4 is 11.8 Å². The van der Waals surface area contributed by atoms with Crippen molar-refractivity contribution < 1.29 is 33.3 Å². The summed E-state index contributed by atoms with van der Waals surface area (Å²) in [6.45, 7) is 13.3. The molecule has 1 atom stereocenters. The highest BCUT2D eigenvalue weighted by molar-refractivity contribution is 5.77. The van der Waals surface area contributed by atoms with Gasteiger partial charge in [0.25, 0.3) is 0 Å². The Morgan fingerprint density at radius 3 is 1.63 bits per heavy atom. The monoisotopic (exact) mass is 434 g/mol. The van der Waals surface area contributed by atoms with Crippen LogP contribution < -0.4 is 10.6 Å². The third-order valence-corrected chi connectivity index (χ3v) is 4.14. The second-order valence-corrected chi connectivity index (χ2v) is 7.27. The summed E-state index contributed by atoms with van der Waals surface area (Å²) in [5.74, 6) is 0.404. The number of hydrogen-bond acceptors (Lipinski definition) is 7. The Morgan fingerprint density at radius 1 is 0.700 bits per heavy atom. The van der Waals surface area contributed by atoms with Crippen molar-refractivity contribution in [3.63, 3.8) is 0 Å². The molecular weight excluding hydrogens is 392 g/mol. The molecule has 0 aromatic carbocycles. The van der Waals surface area contributed by atoms with Crippen molar-refractivity contribution in [2.45, 2.75) is 34.1 Å². The lowest BCUT2D eigenvalue weighted by atomic mass is 10.1. The summed E-state index contributed by atoms with van der Waals surface area (Å²) in [5.41, 5.74) is 0. The second kappa shape index (κ2) is 21.0. The summed E-state index contributed by atoms with van der Waals surface area (Å²) in [6, 6.07) is 0. The van der Waals surface area contributed by atoms with E-state index in [4.69, 9.17) is 23.7 Å². The van der Waals surface area contributed by atoms with Gasteiger partial charge in [-0.05, 0) is 5.92 Å². The molecule has 0 heterocycles. The van der Waals surface area contributed by atoms with Gasteiger partial charge >= 0.3 is 0 Å². The Morgan fingerprint density at radius 2 is 1.17 bits per heavy atom. The van der Waals surface area contributed by atoms with Crippen LogP contribution in [0.1, 0.15) is 34.1 Å². The van der Waals surface area contributed by atoms with Crippen molar-refractivity contribution in [3.8, 4) is 0 Å². The van der Waals surface area contributed by atoms with Crippen molar-refractivity contribution in [2.75, 3.05) is 79.2 Å². The largest absolute Gasteiger partial charge is 0.377 e. The summed E-state index contributed by atoms with van der Waals surface area (Å²) in [4.78, 5) is 22.9.